The van der Waals surface area contributed by atoms with Crippen molar-refractivity contribution in [3.8, 4) is 16.9 Å². The third kappa shape index (κ3) is 3.20. The van der Waals surface area contributed by atoms with Gasteiger partial charge in [0.15, 0.2) is 11.3 Å². The van der Waals surface area contributed by atoms with Crippen molar-refractivity contribution in [3.05, 3.63) is 90.5 Å². The standard InChI is InChI=1S/C22H17N7O/c1-15-21(27-29(26-15)18-8-3-2-4-9-18)22(30)25-17-7-5-6-16(14-17)19-10-12-23-20-11-13-24-28(19)20/h2-14H,1H3,(H,25,30). The number of benzene rings is 2. The minimum absolute atomic E-state index is 0.280. The lowest BCUT2D eigenvalue weighted by molar-refractivity contribution is 0.102. The number of carbonyl (C=O) groups excluding carboxylic acids is 1. The second-order valence-electron chi connectivity index (χ2n) is 6.73. The van der Waals surface area contributed by atoms with Crippen molar-refractivity contribution in [1.29, 1.82) is 0 Å². The smallest absolute Gasteiger partial charge is 0.278 e. The van der Waals surface area contributed by atoms with Crippen molar-refractivity contribution >= 4 is 17.2 Å². The fourth-order valence-corrected chi connectivity index (χ4v) is 3.27. The number of aromatic nitrogens is 6. The molecule has 0 radical (unpaired) electrons. The van der Waals surface area contributed by atoms with Gasteiger partial charge in [-0.2, -0.15) is 15.0 Å². The summed E-state index contributed by atoms with van der Waals surface area (Å²) in [5.74, 6) is -0.314. The number of nitrogens with one attached hydrogen (secondary N) is 1. The minimum Gasteiger partial charge on any atom is -0.321 e. The summed E-state index contributed by atoms with van der Waals surface area (Å²) >= 11 is 0. The van der Waals surface area contributed by atoms with Gasteiger partial charge in [0, 0.05) is 23.5 Å². The predicted octanol–water partition coefficient (Wildman–Crippen LogP) is 3.54. The Bertz CT molecular complexity index is 1350. The largest absolute Gasteiger partial charge is 0.321 e. The van der Waals surface area contributed by atoms with Crippen LogP contribution in [0, 0.1) is 6.92 Å². The summed E-state index contributed by atoms with van der Waals surface area (Å²) < 4.78 is 1.76. The van der Waals surface area contributed by atoms with Crippen LogP contribution in [0.15, 0.2) is 79.1 Å². The molecule has 5 rings (SSSR count). The van der Waals surface area contributed by atoms with Gasteiger partial charge in [-0.1, -0.05) is 30.3 Å². The molecule has 0 atom stereocenters. The molecule has 0 aliphatic carbocycles. The van der Waals surface area contributed by atoms with E-state index in [-0.39, 0.29) is 11.6 Å². The Morgan fingerprint density at radius 3 is 2.67 bits per heavy atom. The highest BCUT2D eigenvalue weighted by molar-refractivity contribution is 6.03. The molecule has 2 aromatic carbocycles. The highest BCUT2D eigenvalue weighted by Gasteiger charge is 2.17. The molecule has 8 nitrogen and oxygen atoms in total. The number of hydrogen-bond donors (Lipinski definition) is 1. The molecule has 1 amide bonds. The van der Waals surface area contributed by atoms with Crippen LogP contribution < -0.4 is 5.32 Å². The van der Waals surface area contributed by atoms with Gasteiger partial charge in [0.1, 0.15) is 0 Å². The first-order valence-electron chi connectivity index (χ1n) is 9.39. The summed E-state index contributed by atoms with van der Waals surface area (Å²) in [4.78, 5) is 18.6. The Morgan fingerprint density at radius 2 is 1.80 bits per heavy atom. The highest BCUT2D eigenvalue weighted by atomic mass is 16.2. The molecule has 0 saturated carbocycles. The number of carbonyl (C=O) groups is 1. The highest BCUT2D eigenvalue weighted by Crippen LogP contribution is 2.23. The summed E-state index contributed by atoms with van der Waals surface area (Å²) in [6.45, 7) is 1.77. The molecule has 1 N–H and O–H groups in total. The van der Waals surface area contributed by atoms with Gasteiger partial charge in [0.25, 0.3) is 5.91 Å². The van der Waals surface area contributed by atoms with Gasteiger partial charge in [-0.25, -0.2) is 9.50 Å². The molecule has 0 fully saturated rings. The molecule has 3 heterocycles. The van der Waals surface area contributed by atoms with E-state index in [1.165, 1.54) is 4.80 Å². The predicted molar refractivity (Wildman–Crippen MR) is 112 cm³/mol. The number of anilines is 1. The number of para-hydroxylation sites is 1. The zero-order chi connectivity index (χ0) is 20.5. The van der Waals surface area contributed by atoms with E-state index in [9.17, 15) is 4.79 Å². The minimum atomic E-state index is -0.314. The first kappa shape index (κ1) is 17.7. The van der Waals surface area contributed by atoms with Gasteiger partial charge in [-0.05, 0) is 37.3 Å². The first-order chi connectivity index (χ1) is 14.7. The van der Waals surface area contributed by atoms with E-state index in [2.05, 4.69) is 25.6 Å². The molecular weight excluding hydrogens is 378 g/mol. The molecule has 5 aromatic rings. The Labute approximate surface area is 171 Å². The van der Waals surface area contributed by atoms with Crippen LogP contribution in [-0.2, 0) is 0 Å². The van der Waals surface area contributed by atoms with E-state index in [1.54, 1.807) is 23.8 Å². The zero-order valence-corrected chi connectivity index (χ0v) is 16.1. The molecular formula is C22H17N7O. The van der Waals surface area contributed by atoms with Gasteiger partial charge in [-0.3, -0.25) is 4.79 Å². The maximum atomic E-state index is 12.8. The summed E-state index contributed by atoms with van der Waals surface area (Å²) in [6, 6.07) is 20.8. The van der Waals surface area contributed by atoms with Crippen molar-refractivity contribution in [2.24, 2.45) is 0 Å². The summed E-state index contributed by atoms with van der Waals surface area (Å²) in [5.41, 5.74) is 4.84. The molecule has 0 aliphatic heterocycles. The monoisotopic (exact) mass is 395 g/mol. The Balaban J connectivity index is 1.43. The fraction of sp³-hybridized carbons (Fsp3) is 0.0455. The third-order valence-electron chi connectivity index (χ3n) is 4.69. The third-order valence-corrected chi connectivity index (χ3v) is 4.69. The lowest BCUT2D eigenvalue weighted by Gasteiger charge is -2.08. The van der Waals surface area contributed by atoms with Gasteiger partial charge in [-0.15, -0.1) is 5.10 Å². The number of rotatable bonds is 4. The molecule has 30 heavy (non-hydrogen) atoms. The lowest BCUT2D eigenvalue weighted by atomic mass is 10.1. The van der Waals surface area contributed by atoms with Crippen LogP contribution >= 0.6 is 0 Å². The molecule has 8 heteroatoms. The second-order valence-corrected chi connectivity index (χ2v) is 6.73. The van der Waals surface area contributed by atoms with Crippen LogP contribution in [0.3, 0.4) is 0 Å². The van der Waals surface area contributed by atoms with Crippen LogP contribution in [0.2, 0.25) is 0 Å². The topological polar surface area (TPSA) is 90.0 Å². The first-order valence-corrected chi connectivity index (χ1v) is 9.39. The van der Waals surface area contributed by atoms with Gasteiger partial charge in [0.2, 0.25) is 0 Å². The Morgan fingerprint density at radius 1 is 0.933 bits per heavy atom. The van der Waals surface area contributed by atoms with E-state index in [1.807, 2.05) is 66.7 Å². The van der Waals surface area contributed by atoms with Crippen LogP contribution in [0.4, 0.5) is 5.69 Å². The molecule has 0 bridgehead atoms. The number of aryl methyl sites for hydroxylation is 1. The van der Waals surface area contributed by atoms with Crippen molar-refractivity contribution in [2.75, 3.05) is 5.32 Å². The average Bonchev–Trinajstić information content (AvgIpc) is 3.41. The van der Waals surface area contributed by atoms with Crippen LogP contribution in [0.25, 0.3) is 22.6 Å². The second kappa shape index (κ2) is 7.25. The normalized spacial score (nSPS) is 11.0. The van der Waals surface area contributed by atoms with E-state index < -0.39 is 0 Å². The molecule has 3 aromatic heterocycles. The van der Waals surface area contributed by atoms with Crippen LogP contribution in [-0.4, -0.2) is 35.5 Å². The number of fused-ring (bicyclic) bond motifs is 1. The molecule has 0 saturated heterocycles. The van der Waals surface area contributed by atoms with Crippen LogP contribution in [0.5, 0.6) is 0 Å². The molecule has 0 spiro atoms. The van der Waals surface area contributed by atoms with E-state index in [4.69, 9.17) is 0 Å². The van der Waals surface area contributed by atoms with E-state index in [0.717, 1.165) is 22.6 Å². The van der Waals surface area contributed by atoms with E-state index >= 15 is 0 Å². The Hall–Kier alpha value is -4.33. The lowest BCUT2D eigenvalue weighted by Crippen LogP contribution is -2.14. The van der Waals surface area contributed by atoms with Crippen molar-refractivity contribution in [3.63, 3.8) is 0 Å². The maximum Gasteiger partial charge on any atom is 0.278 e. The Kier molecular flexibility index (Phi) is 4.29. The van der Waals surface area contributed by atoms with Crippen molar-refractivity contribution < 1.29 is 4.79 Å². The van der Waals surface area contributed by atoms with Crippen LogP contribution in [0.1, 0.15) is 16.2 Å². The SMILES string of the molecule is Cc1nn(-c2ccccc2)nc1C(=O)Nc1cccc(-c2ccnc3ccnn23)c1. The van der Waals surface area contributed by atoms with Crippen molar-refractivity contribution in [1.82, 2.24) is 29.6 Å². The molecule has 146 valence electrons. The van der Waals surface area contributed by atoms with E-state index in [0.29, 0.717) is 11.4 Å². The van der Waals surface area contributed by atoms with Gasteiger partial charge < -0.3 is 5.32 Å². The summed E-state index contributed by atoms with van der Waals surface area (Å²) in [7, 11) is 0. The quantitative estimate of drug-likeness (QED) is 0.503. The fourth-order valence-electron chi connectivity index (χ4n) is 3.27. The molecule has 0 aliphatic rings. The summed E-state index contributed by atoms with van der Waals surface area (Å²) in [5, 5.41) is 16.0. The maximum absolute atomic E-state index is 12.8. The average molecular weight is 395 g/mol. The zero-order valence-electron chi connectivity index (χ0n) is 16.1. The number of amides is 1. The van der Waals surface area contributed by atoms with Crippen molar-refractivity contribution in [2.45, 2.75) is 6.92 Å². The van der Waals surface area contributed by atoms with Gasteiger partial charge >= 0.3 is 0 Å². The number of hydrogen-bond acceptors (Lipinski definition) is 5. The number of nitrogens with zero attached hydrogens (tertiary/aromatic N) is 6. The molecule has 0 unspecified atom stereocenters. The summed E-state index contributed by atoms with van der Waals surface area (Å²) in [6.07, 6.45) is 3.44. The van der Waals surface area contributed by atoms with Gasteiger partial charge in [0.05, 0.1) is 23.3 Å².